The molecule has 1 fully saturated rings. The van der Waals surface area contributed by atoms with Gasteiger partial charge in [0.05, 0.1) is 15.7 Å². The van der Waals surface area contributed by atoms with Crippen molar-refractivity contribution in [2.45, 2.75) is 44.4 Å². The summed E-state index contributed by atoms with van der Waals surface area (Å²) in [5.74, 6) is 0.268. The molecular formula is C20H22Cl2FN3S. The van der Waals surface area contributed by atoms with Crippen LogP contribution in [0.15, 0.2) is 30.3 Å². The number of nitrogens with one attached hydrogen (secondary N) is 2. The Kier molecular flexibility index (Phi) is 6.56. The standard InChI is InChI=1S/C20H22Cl2FN3S/c1-13-16(21)11-17(22)18(25-13)26-19(27)24-12-20(9-3-2-4-10-20)14-5-7-15(23)8-6-14/h5-8,11H,2-4,9-10,12H2,1H3,(H2,24,25,26,27). The van der Waals surface area contributed by atoms with Crippen molar-refractivity contribution in [1.82, 2.24) is 10.3 Å². The molecule has 1 aliphatic rings. The number of aryl methyl sites for hydroxylation is 1. The number of anilines is 1. The largest absolute Gasteiger partial charge is 0.362 e. The first-order chi connectivity index (χ1) is 12.9. The molecule has 1 aromatic heterocycles. The van der Waals surface area contributed by atoms with E-state index in [-0.39, 0.29) is 11.2 Å². The van der Waals surface area contributed by atoms with Gasteiger partial charge in [0.2, 0.25) is 0 Å². The molecule has 7 heteroatoms. The van der Waals surface area contributed by atoms with Crippen molar-refractivity contribution in [3.05, 3.63) is 57.5 Å². The third-order valence-corrected chi connectivity index (χ3v) is 6.11. The van der Waals surface area contributed by atoms with E-state index in [1.54, 1.807) is 6.07 Å². The first kappa shape index (κ1) is 20.3. The predicted octanol–water partition coefficient (Wildman–Crippen LogP) is 6.02. The molecule has 0 unspecified atom stereocenters. The molecule has 0 spiro atoms. The number of benzene rings is 1. The quantitative estimate of drug-likeness (QED) is 0.586. The van der Waals surface area contributed by atoms with Crippen LogP contribution in [0.4, 0.5) is 10.2 Å². The Balaban J connectivity index is 1.71. The highest BCUT2D eigenvalue weighted by atomic mass is 35.5. The highest BCUT2D eigenvalue weighted by molar-refractivity contribution is 7.80. The first-order valence-corrected chi connectivity index (χ1v) is 10.2. The van der Waals surface area contributed by atoms with Crippen LogP contribution in [0.1, 0.15) is 43.4 Å². The zero-order valence-electron chi connectivity index (χ0n) is 15.1. The van der Waals surface area contributed by atoms with Gasteiger partial charge in [-0.1, -0.05) is 54.6 Å². The average Bonchev–Trinajstić information content (AvgIpc) is 2.66. The second kappa shape index (κ2) is 8.72. The van der Waals surface area contributed by atoms with Crippen LogP contribution in [-0.2, 0) is 5.41 Å². The molecule has 1 aromatic carbocycles. The number of pyridine rings is 1. The molecule has 0 amide bonds. The Morgan fingerprint density at radius 1 is 1.15 bits per heavy atom. The lowest BCUT2D eigenvalue weighted by atomic mass is 9.69. The fourth-order valence-corrected chi connectivity index (χ4v) is 4.22. The van der Waals surface area contributed by atoms with Gasteiger partial charge < -0.3 is 10.6 Å². The number of rotatable bonds is 4. The molecule has 1 heterocycles. The van der Waals surface area contributed by atoms with Crippen molar-refractivity contribution in [2.75, 3.05) is 11.9 Å². The summed E-state index contributed by atoms with van der Waals surface area (Å²) in [5, 5.41) is 7.75. The maximum Gasteiger partial charge on any atom is 0.172 e. The van der Waals surface area contributed by atoms with Crippen LogP contribution < -0.4 is 10.6 Å². The zero-order valence-corrected chi connectivity index (χ0v) is 17.4. The number of hydrogen-bond donors (Lipinski definition) is 2. The molecular weight excluding hydrogens is 404 g/mol. The summed E-state index contributed by atoms with van der Waals surface area (Å²) in [6.07, 6.45) is 5.64. The molecule has 0 aliphatic heterocycles. The van der Waals surface area contributed by atoms with Crippen LogP contribution in [-0.4, -0.2) is 16.6 Å². The van der Waals surface area contributed by atoms with Crippen LogP contribution in [0.25, 0.3) is 0 Å². The van der Waals surface area contributed by atoms with Crippen LogP contribution in [0.3, 0.4) is 0 Å². The Hall–Kier alpha value is -1.43. The van der Waals surface area contributed by atoms with E-state index in [9.17, 15) is 4.39 Å². The van der Waals surface area contributed by atoms with Gasteiger partial charge in [0.25, 0.3) is 0 Å². The van der Waals surface area contributed by atoms with Gasteiger partial charge in [0.15, 0.2) is 10.9 Å². The number of halogens is 3. The maximum absolute atomic E-state index is 13.4. The van der Waals surface area contributed by atoms with Crippen molar-refractivity contribution < 1.29 is 4.39 Å². The molecule has 1 aliphatic carbocycles. The number of hydrogen-bond acceptors (Lipinski definition) is 2. The van der Waals surface area contributed by atoms with Gasteiger partial charge in [-0.25, -0.2) is 9.37 Å². The third-order valence-electron chi connectivity index (χ3n) is 5.19. The fourth-order valence-electron chi connectivity index (χ4n) is 3.65. The first-order valence-electron chi connectivity index (χ1n) is 9.03. The molecule has 0 saturated heterocycles. The summed E-state index contributed by atoms with van der Waals surface area (Å²) in [5.41, 5.74) is 1.78. The monoisotopic (exact) mass is 425 g/mol. The van der Waals surface area contributed by atoms with Crippen molar-refractivity contribution >= 4 is 46.4 Å². The molecule has 0 radical (unpaired) electrons. The lowest BCUT2D eigenvalue weighted by Gasteiger charge is -2.38. The van der Waals surface area contributed by atoms with Gasteiger partial charge in [0, 0.05) is 12.0 Å². The van der Waals surface area contributed by atoms with E-state index in [0.29, 0.717) is 33.2 Å². The third kappa shape index (κ3) is 4.89. The van der Waals surface area contributed by atoms with E-state index >= 15 is 0 Å². The van der Waals surface area contributed by atoms with E-state index in [1.165, 1.54) is 18.6 Å². The van der Waals surface area contributed by atoms with E-state index in [0.717, 1.165) is 31.2 Å². The summed E-state index contributed by atoms with van der Waals surface area (Å²) in [7, 11) is 0. The number of nitrogens with zero attached hydrogens (tertiary/aromatic N) is 1. The predicted molar refractivity (Wildman–Crippen MR) is 114 cm³/mol. The van der Waals surface area contributed by atoms with Crippen LogP contribution in [0.5, 0.6) is 0 Å². The number of thiocarbonyl (C=S) groups is 1. The maximum atomic E-state index is 13.4. The van der Waals surface area contributed by atoms with Crippen molar-refractivity contribution in [3.63, 3.8) is 0 Å². The molecule has 2 aromatic rings. The van der Waals surface area contributed by atoms with Crippen molar-refractivity contribution in [3.8, 4) is 0 Å². The second-order valence-corrected chi connectivity index (χ2v) is 8.26. The number of aromatic nitrogens is 1. The summed E-state index contributed by atoms with van der Waals surface area (Å²) in [6.45, 7) is 2.49. The molecule has 3 nitrogen and oxygen atoms in total. The Morgan fingerprint density at radius 3 is 2.48 bits per heavy atom. The Morgan fingerprint density at radius 2 is 1.81 bits per heavy atom. The smallest absolute Gasteiger partial charge is 0.172 e. The molecule has 3 rings (SSSR count). The Labute approximate surface area is 174 Å². The minimum absolute atomic E-state index is 0.0508. The van der Waals surface area contributed by atoms with Crippen LogP contribution in [0.2, 0.25) is 10.0 Å². The topological polar surface area (TPSA) is 37.0 Å². The normalized spacial score (nSPS) is 16.0. The summed E-state index contributed by atoms with van der Waals surface area (Å²) >= 11 is 17.7. The SMILES string of the molecule is Cc1nc(NC(=S)NCC2(c3ccc(F)cc3)CCCCC2)c(Cl)cc1Cl. The summed E-state index contributed by atoms with van der Waals surface area (Å²) in [6, 6.07) is 8.49. The molecule has 0 atom stereocenters. The van der Waals surface area contributed by atoms with Gasteiger partial charge >= 0.3 is 0 Å². The second-order valence-electron chi connectivity index (χ2n) is 7.04. The Bertz CT molecular complexity index is 821. The molecule has 2 N–H and O–H groups in total. The van der Waals surface area contributed by atoms with Gasteiger partial charge in [0.1, 0.15) is 5.82 Å². The molecule has 0 bridgehead atoms. The minimum atomic E-state index is -0.214. The van der Waals surface area contributed by atoms with Gasteiger partial charge in [-0.2, -0.15) is 0 Å². The summed E-state index contributed by atoms with van der Waals surface area (Å²) in [4.78, 5) is 4.35. The average molecular weight is 426 g/mol. The van der Waals surface area contributed by atoms with Crippen molar-refractivity contribution in [2.24, 2.45) is 0 Å². The molecule has 144 valence electrons. The summed E-state index contributed by atoms with van der Waals surface area (Å²) < 4.78 is 13.4. The fraction of sp³-hybridized carbons (Fsp3) is 0.400. The molecule has 1 saturated carbocycles. The van der Waals surface area contributed by atoms with E-state index < -0.39 is 0 Å². The minimum Gasteiger partial charge on any atom is -0.362 e. The van der Waals surface area contributed by atoms with Gasteiger partial charge in [-0.15, -0.1) is 0 Å². The highest BCUT2D eigenvalue weighted by Gasteiger charge is 2.34. The van der Waals surface area contributed by atoms with Crippen LogP contribution >= 0.6 is 35.4 Å². The van der Waals surface area contributed by atoms with Crippen LogP contribution in [0, 0.1) is 12.7 Å². The van der Waals surface area contributed by atoms with Crippen molar-refractivity contribution in [1.29, 1.82) is 0 Å². The lowest BCUT2D eigenvalue weighted by Crippen LogP contribution is -2.43. The van der Waals surface area contributed by atoms with E-state index in [1.807, 2.05) is 19.1 Å². The lowest BCUT2D eigenvalue weighted by molar-refractivity contribution is 0.292. The van der Waals surface area contributed by atoms with Gasteiger partial charge in [-0.3, -0.25) is 0 Å². The van der Waals surface area contributed by atoms with E-state index in [2.05, 4.69) is 15.6 Å². The highest BCUT2D eigenvalue weighted by Crippen LogP contribution is 2.39. The van der Waals surface area contributed by atoms with Gasteiger partial charge in [-0.05, 0) is 55.7 Å². The van der Waals surface area contributed by atoms with E-state index in [4.69, 9.17) is 35.4 Å². The molecule has 27 heavy (non-hydrogen) atoms. The zero-order chi connectivity index (χ0) is 19.4.